The first-order valence-corrected chi connectivity index (χ1v) is 10.6. The summed E-state index contributed by atoms with van der Waals surface area (Å²) >= 11 is 12.0. The Bertz CT molecular complexity index is 1110. The maximum atomic E-state index is 12.7. The molecule has 0 aliphatic rings. The Morgan fingerprint density at radius 2 is 1.75 bits per heavy atom. The van der Waals surface area contributed by atoms with Gasteiger partial charge < -0.3 is 4.74 Å². The van der Waals surface area contributed by atoms with Gasteiger partial charge in [-0.15, -0.1) is 0 Å². The fourth-order valence-corrected chi connectivity index (χ4v) is 4.25. The molecule has 6 nitrogen and oxygen atoms in total. The van der Waals surface area contributed by atoms with Crippen molar-refractivity contribution in [2.75, 3.05) is 11.8 Å². The van der Waals surface area contributed by atoms with E-state index in [2.05, 4.69) is 9.82 Å². The molecule has 0 amide bonds. The topological polar surface area (TPSA) is 73.2 Å². The highest BCUT2D eigenvalue weighted by Gasteiger charge is 2.20. The largest absolute Gasteiger partial charge is 0.497 e. The van der Waals surface area contributed by atoms with E-state index in [1.165, 1.54) is 19.2 Å². The van der Waals surface area contributed by atoms with Gasteiger partial charge in [-0.3, -0.25) is 9.40 Å². The summed E-state index contributed by atoms with van der Waals surface area (Å²) in [5.74, 6) is 0.584. The van der Waals surface area contributed by atoms with Gasteiger partial charge in [-0.25, -0.2) is 8.42 Å². The lowest BCUT2D eigenvalue weighted by Gasteiger charge is -2.10. The van der Waals surface area contributed by atoms with Crippen molar-refractivity contribution in [3.05, 3.63) is 69.5 Å². The quantitative estimate of drug-likeness (QED) is 0.605. The zero-order valence-corrected chi connectivity index (χ0v) is 17.9. The highest BCUT2D eigenvalue weighted by Crippen LogP contribution is 2.27. The van der Waals surface area contributed by atoms with Crippen molar-refractivity contribution in [2.24, 2.45) is 0 Å². The lowest BCUT2D eigenvalue weighted by Crippen LogP contribution is -2.14. The van der Waals surface area contributed by atoms with Crippen molar-refractivity contribution >= 4 is 38.9 Å². The van der Waals surface area contributed by atoms with E-state index in [1.807, 2.05) is 13.0 Å². The molecule has 148 valence electrons. The van der Waals surface area contributed by atoms with Crippen LogP contribution in [-0.4, -0.2) is 25.3 Å². The summed E-state index contributed by atoms with van der Waals surface area (Å²) in [5, 5.41) is 5.39. The van der Waals surface area contributed by atoms with Crippen LogP contribution in [-0.2, 0) is 16.6 Å². The first kappa shape index (κ1) is 20.5. The second-order valence-electron chi connectivity index (χ2n) is 6.23. The van der Waals surface area contributed by atoms with Crippen LogP contribution in [0.2, 0.25) is 10.0 Å². The molecule has 2 aromatic carbocycles. The average molecular weight is 440 g/mol. The van der Waals surface area contributed by atoms with Gasteiger partial charge in [0, 0.05) is 0 Å². The maximum Gasteiger partial charge on any atom is 0.262 e. The third-order valence-electron chi connectivity index (χ3n) is 4.30. The number of anilines is 1. The molecule has 1 aromatic heterocycles. The summed E-state index contributed by atoms with van der Waals surface area (Å²) in [7, 11) is -2.23. The second kappa shape index (κ2) is 8.03. The summed E-state index contributed by atoms with van der Waals surface area (Å²) in [4.78, 5) is 0.143. The van der Waals surface area contributed by atoms with Crippen LogP contribution in [0.1, 0.15) is 17.0 Å². The number of ether oxygens (including phenoxy) is 1. The van der Waals surface area contributed by atoms with E-state index in [9.17, 15) is 8.42 Å². The van der Waals surface area contributed by atoms with Gasteiger partial charge in [-0.2, -0.15) is 5.10 Å². The molecule has 1 N–H and O–H groups in total. The number of nitrogens with one attached hydrogen (secondary N) is 1. The van der Waals surface area contributed by atoms with Crippen molar-refractivity contribution in [2.45, 2.75) is 25.3 Å². The Kier molecular flexibility index (Phi) is 5.88. The zero-order chi connectivity index (χ0) is 20.5. The number of benzene rings is 2. The number of nitrogens with zero attached hydrogens (tertiary/aromatic N) is 2. The van der Waals surface area contributed by atoms with Gasteiger partial charge in [0.25, 0.3) is 10.0 Å². The monoisotopic (exact) mass is 439 g/mol. The van der Waals surface area contributed by atoms with Gasteiger partial charge in [0.2, 0.25) is 0 Å². The number of methoxy groups -OCH3 is 1. The molecule has 3 rings (SSSR count). The predicted molar refractivity (Wildman–Crippen MR) is 111 cm³/mol. The van der Waals surface area contributed by atoms with Gasteiger partial charge in [0.15, 0.2) is 0 Å². The minimum absolute atomic E-state index is 0.143. The third-order valence-corrected chi connectivity index (χ3v) is 6.41. The summed E-state index contributed by atoms with van der Waals surface area (Å²) in [5.41, 5.74) is 2.63. The van der Waals surface area contributed by atoms with Crippen molar-refractivity contribution < 1.29 is 13.2 Å². The number of hydrogen-bond donors (Lipinski definition) is 1. The van der Waals surface area contributed by atoms with Crippen LogP contribution >= 0.6 is 23.2 Å². The summed E-state index contributed by atoms with van der Waals surface area (Å²) in [6.45, 7) is 4.00. The van der Waals surface area contributed by atoms with Crippen LogP contribution in [0.3, 0.4) is 0 Å². The molecule has 0 aliphatic carbocycles. The van der Waals surface area contributed by atoms with E-state index in [4.69, 9.17) is 27.9 Å². The fraction of sp³-hybridized carbons (Fsp3) is 0.211. The Morgan fingerprint density at radius 1 is 1.07 bits per heavy atom. The average Bonchev–Trinajstić information content (AvgIpc) is 2.92. The highest BCUT2D eigenvalue weighted by atomic mass is 35.5. The Hall–Kier alpha value is -2.22. The van der Waals surface area contributed by atoms with Crippen molar-refractivity contribution in [1.82, 2.24) is 9.78 Å². The normalized spacial score (nSPS) is 11.5. The SMILES string of the molecule is COc1ccc(S(=O)(=O)Nc2c(C)nn(Cc3ccc(Cl)c(Cl)c3)c2C)cc1. The Balaban J connectivity index is 1.87. The molecule has 0 radical (unpaired) electrons. The van der Waals surface area contributed by atoms with Crippen molar-refractivity contribution in [3.63, 3.8) is 0 Å². The third kappa shape index (κ3) is 4.27. The Morgan fingerprint density at radius 3 is 2.36 bits per heavy atom. The van der Waals surface area contributed by atoms with E-state index in [0.717, 1.165) is 5.56 Å². The van der Waals surface area contributed by atoms with Crippen LogP contribution < -0.4 is 9.46 Å². The number of hydrogen-bond acceptors (Lipinski definition) is 4. The second-order valence-corrected chi connectivity index (χ2v) is 8.73. The van der Waals surface area contributed by atoms with Gasteiger partial charge in [0.1, 0.15) is 5.75 Å². The molecule has 0 saturated carbocycles. The molecule has 0 saturated heterocycles. The highest BCUT2D eigenvalue weighted by molar-refractivity contribution is 7.92. The van der Waals surface area contributed by atoms with E-state index in [0.29, 0.717) is 39.4 Å². The standard InChI is InChI=1S/C19H19Cl2N3O3S/c1-12-19(23-28(25,26)16-7-5-15(27-3)6-8-16)13(2)24(22-12)11-14-4-9-17(20)18(21)10-14/h4-10,23H,11H2,1-3H3. The van der Waals surface area contributed by atoms with Crippen molar-refractivity contribution in [3.8, 4) is 5.75 Å². The summed E-state index contributed by atoms with van der Waals surface area (Å²) in [6, 6.07) is 11.5. The minimum atomic E-state index is -3.75. The first-order chi connectivity index (χ1) is 13.2. The van der Waals surface area contributed by atoms with Crippen LogP contribution in [0.25, 0.3) is 0 Å². The predicted octanol–water partition coefficient (Wildman–Crippen LogP) is 4.66. The molecule has 0 bridgehead atoms. The molecular formula is C19H19Cl2N3O3S. The van der Waals surface area contributed by atoms with E-state index in [1.54, 1.807) is 35.9 Å². The molecule has 0 atom stereocenters. The molecule has 0 unspecified atom stereocenters. The van der Waals surface area contributed by atoms with Crippen molar-refractivity contribution in [1.29, 1.82) is 0 Å². The zero-order valence-electron chi connectivity index (χ0n) is 15.5. The smallest absolute Gasteiger partial charge is 0.262 e. The van der Waals surface area contributed by atoms with Crippen LogP contribution in [0.4, 0.5) is 5.69 Å². The molecule has 0 fully saturated rings. The van der Waals surface area contributed by atoms with Gasteiger partial charge >= 0.3 is 0 Å². The van der Waals surface area contributed by atoms with Crippen LogP contribution in [0.5, 0.6) is 5.75 Å². The number of sulfonamides is 1. The van der Waals surface area contributed by atoms with Crippen LogP contribution in [0.15, 0.2) is 47.4 Å². The van der Waals surface area contributed by atoms with Gasteiger partial charge in [-0.1, -0.05) is 29.3 Å². The molecule has 1 heterocycles. The van der Waals surface area contributed by atoms with Gasteiger partial charge in [0.05, 0.1) is 45.7 Å². The maximum absolute atomic E-state index is 12.7. The van der Waals surface area contributed by atoms with Crippen LogP contribution in [0, 0.1) is 13.8 Å². The molecule has 28 heavy (non-hydrogen) atoms. The summed E-state index contributed by atoms with van der Waals surface area (Å²) < 4.78 is 34.9. The van der Waals surface area contributed by atoms with E-state index >= 15 is 0 Å². The number of halogens is 2. The number of rotatable bonds is 6. The number of aryl methyl sites for hydroxylation is 1. The summed E-state index contributed by atoms with van der Waals surface area (Å²) in [6.07, 6.45) is 0. The molecule has 0 spiro atoms. The Labute approximate surface area is 174 Å². The number of aromatic nitrogens is 2. The first-order valence-electron chi connectivity index (χ1n) is 8.36. The van der Waals surface area contributed by atoms with Gasteiger partial charge in [-0.05, 0) is 55.8 Å². The fourth-order valence-electron chi connectivity index (χ4n) is 2.76. The minimum Gasteiger partial charge on any atom is -0.497 e. The molecule has 3 aromatic rings. The lowest BCUT2D eigenvalue weighted by atomic mass is 10.2. The lowest BCUT2D eigenvalue weighted by molar-refractivity contribution is 0.414. The molecular weight excluding hydrogens is 421 g/mol. The molecule has 0 aliphatic heterocycles. The van der Waals surface area contributed by atoms with E-state index < -0.39 is 10.0 Å². The van der Waals surface area contributed by atoms with E-state index in [-0.39, 0.29) is 4.90 Å². The molecule has 9 heteroatoms.